The fourth-order valence-electron chi connectivity index (χ4n) is 14.3. The summed E-state index contributed by atoms with van der Waals surface area (Å²) in [6.07, 6.45) is 0. The molecule has 444 valence electrons. The van der Waals surface area contributed by atoms with E-state index in [0.717, 1.165) is 32.2 Å². The third-order valence-electron chi connectivity index (χ3n) is 18.8. The summed E-state index contributed by atoms with van der Waals surface area (Å²) in [5, 5.41) is 17.2. The highest BCUT2D eigenvalue weighted by atomic mass is 32.1. The molecule has 0 unspecified atom stereocenters. The van der Waals surface area contributed by atoms with Gasteiger partial charge in [-0.15, -0.1) is 22.7 Å². The van der Waals surface area contributed by atoms with Crippen molar-refractivity contribution in [1.82, 2.24) is 9.97 Å². The van der Waals surface area contributed by atoms with Crippen molar-refractivity contribution in [3.8, 4) is 87.9 Å². The van der Waals surface area contributed by atoms with Crippen LogP contribution in [0.1, 0.15) is 22.3 Å². The van der Waals surface area contributed by atoms with Crippen LogP contribution in [0.25, 0.3) is 173 Å². The van der Waals surface area contributed by atoms with E-state index in [2.05, 4.69) is 331 Å². The van der Waals surface area contributed by atoms with Gasteiger partial charge in [0.15, 0.2) is 0 Å². The molecule has 18 aromatic rings. The molecule has 94 heavy (non-hydrogen) atoms. The number of aromatic nitrogens is 2. The Morgan fingerprint density at radius 3 is 0.830 bits per heavy atom. The highest BCUT2D eigenvalue weighted by Crippen LogP contribution is 2.54. The van der Waals surface area contributed by atoms with Gasteiger partial charge in [-0.2, -0.15) is 0 Å². The van der Waals surface area contributed by atoms with E-state index in [1.165, 1.54) is 163 Å². The number of benzene rings is 16. The molecule has 0 radical (unpaired) electrons. The Morgan fingerprint density at radius 2 is 0.479 bits per heavy atom. The van der Waals surface area contributed by atoms with Crippen LogP contribution >= 0.6 is 22.7 Å². The van der Waals surface area contributed by atoms with Crippen LogP contribution in [0.4, 0.5) is 0 Å². The maximum atomic E-state index is 5.06. The molecule has 0 aliphatic rings. The highest BCUT2D eigenvalue weighted by molar-refractivity contribution is 7.22. The van der Waals surface area contributed by atoms with Gasteiger partial charge in [0, 0.05) is 11.1 Å². The highest BCUT2D eigenvalue weighted by Gasteiger charge is 2.27. The summed E-state index contributed by atoms with van der Waals surface area (Å²) in [6, 6.07) is 112. The van der Waals surface area contributed by atoms with E-state index >= 15 is 0 Å². The van der Waals surface area contributed by atoms with E-state index in [1.54, 1.807) is 22.7 Å². The molecule has 2 heterocycles. The summed E-state index contributed by atoms with van der Waals surface area (Å²) in [5.74, 6) is 0. The maximum absolute atomic E-state index is 5.06. The molecule has 0 aliphatic carbocycles. The van der Waals surface area contributed by atoms with Gasteiger partial charge in [0.1, 0.15) is 10.0 Å². The second kappa shape index (κ2) is 23.5. The quantitative estimate of drug-likeness (QED) is 0.142. The summed E-state index contributed by atoms with van der Waals surface area (Å²) < 4.78 is 2.43. The molecule has 0 fully saturated rings. The number of aryl methyl sites for hydroxylation is 4. The Morgan fingerprint density at radius 1 is 0.213 bits per heavy atom. The van der Waals surface area contributed by atoms with Crippen molar-refractivity contribution in [1.29, 1.82) is 0 Å². The first kappa shape index (κ1) is 56.8. The zero-order valence-electron chi connectivity index (χ0n) is 52.6. The van der Waals surface area contributed by atoms with E-state index in [1.807, 2.05) is 0 Å². The molecule has 18 rings (SSSR count). The summed E-state index contributed by atoms with van der Waals surface area (Å²) in [5.41, 5.74) is 24.2. The van der Waals surface area contributed by atoms with Gasteiger partial charge in [-0.25, -0.2) is 9.97 Å². The van der Waals surface area contributed by atoms with E-state index < -0.39 is 0 Å². The van der Waals surface area contributed by atoms with Gasteiger partial charge in [0.25, 0.3) is 0 Å². The average Bonchev–Trinajstić information content (AvgIpc) is 0.808. The van der Waals surface area contributed by atoms with Crippen LogP contribution < -0.4 is 0 Å². The monoisotopic (exact) mass is 1230 g/mol. The van der Waals surface area contributed by atoms with Crippen LogP contribution in [0.3, 0.4) is 0 Å². The van der Waals surface area contributed by atoms with Crippen molar-refractivity contribution in [2.24, 2.45) is 0 Å². The predicted molar refractivity (Wildman–Crippen MR) is 407 cm³/mol. The van der Waals surface area contributed by atoms with Crippen LogP contribution in [-0.4, -0.2) is 9.97 Å². The zero-order chi connectivity index (χ0) is 63.0. The molecule has 0 aliphatic heterocycles. The van der Waals surface area contributed by atoms with Gasteiger partial charge in [-0.05, 0) is 207 Å². The Hall–Kier alpha value is -11.1. The summed E-state index contributed by atoms with van der Waals surface area (Å²) >= 11 is 3.52. The largest absolute Gasteiger partial charge is 0.236 e. The molecule has 0 N–H and O–H groups in total. The lowest BCUT2D eigenvalue weighted by molar-refractivity contribution is 1.45. The third-order valence-corrected chi connectivity index (χ3v) is 20.9. The lowest BCUT2D eigenvalue weighted by Crippen LogP contribution is -1.97. The van der Waals surface area contributed by atoms with Crippen LogP contribution in [0.15, 0.2) is 303 Å². The maximum Gasteiger partial charge on any atom is 0.124 e. The van der Waals surface area contributed by atoms with Gasteiger partial charge < -0.3 is 0 Å². The van der Waals surface area contributed by atoms with E-state index in [-0.39, 0.29) is 0 Å². The lowest BCUT2D eigenvalue weighted by Gasteiger charge is -2.25. The van der Waals surface area contributed by atoms with Gasteiger partial charge in [0.2, 0.25) is 0 Å². The van der Waals surface area contributed by atoms with Gasteiger partial charge in [-0.3, -0.25) is 0 Å². The minimum absolute atomic E-state index is 1.04. The predicted octanol–water partition coefficient (Wildman–Crippen LogP) is 26.1. The first-order valence-corrected chi connectivity index (χ1v) is 33.9. The SMILES string of the molecule is Cc1ccc(-c2c3ccccc3c(-c3ccc(C)cc3)c3cc4ccccc4cc23)cc1.Cc1ccc2nc(-c3ccc(-c4c5ccccc5c(-c5ccc(-c6nc7ccc(C)cc7s6)cc5)c5c(-c6ccccc6)c6ccccc6c(-c6ccccc6)c45)cc3)sc2c1. The molecular formula is C90H62N2S2. The number of rotatable bonds is 8. The summed E-state index contributed by atoms with van der Waals surface area (Å²) in [4.78, 5) is 10.1. The van der Waals surface area contributed by atoms with Gasteiger partial charge in [-0.1, -0.05) is 278 Å². The standard InChI is InChI=1S/C58H38N2S2.C32H24/c1-35-21-31-47-49(33-35)61-57(59-47)41-27-23-39(24-28-41)53-45-19-11-12-20-46(45)54(40-25-29-42(30-26-40)58-60-48-32-22-36(2)34-50(48)62-58)56-52(38-15-7-4-8-16-38)44-18-10-9-17-43(44)51(55(53)56)37-13-5-3-6-14-37;1-21-11-15-23(16-12-21)31-27-9-5-6-10-28(27)32(24-17-13-22(2)14-18-24)30-20-26-8-4-3-7-25(26)19-29(30)31/h3-34H,1-2H3;3-20H,1-2H3. The van der Waals surface area contributed by atoms with Crippen molar-refractivity contribution in [3.05, 3.63) is 326 Å². The van der Waals surface area contributed by atoms with Crippen molar-refractivity contribution >= 4 is 108 Å². The lowest BCUT2D eigenvalue weighted by atomic mass is 9.77. The molecule has 4 heteroatoms. The van der Waals surface area contributed by atoms with Crippen molar-refractivity contribution in [2.45, 2.75) is 27.7 Å². The summed E-state index contributed by atoms with van der Waals surface area (Å²) in [7, 11) is 0. The molecule has 2 nitrogen and oxygen atoms in total. The third kappa shape index (κ3) is 10.0. The first-order chi connectivity index (χ1) is 46.2. The first-order valence-electron chi connectivity index (χ1n) is 32.3. The van der Waals surface area contributed by atoms with Crippen molar-refractivity contribution in [3.63, 3.8) is 0 Å². The van der Waals surface area contributed by atoms with E-state index in [4.69, 9.17) is 9.97 Å². The Bertz CT molecular complexity index is 5600. The van der Waals surface area contributed by atoms with Gasteiger partial charge >= 0.3 is 0 Å². The Labute approximate surface area is 555 Å². The Balaban J connectivity index is 0.000000176. The number of thiazole rings is 2. The zero-order valence-corrected chi connectivity index (χ0v) is 54.2. The molecule has 0 saturated heterocycles. The number of hydrogen-bond acceptors (Lipinski definition) is 4. The second-order valence-corrected chi connectivity index (χ2v) is 27.0. The van der Waals surface area contributed by atoms with E-state index in [9.17, 15) is 0 Å². The van der Waals surface area contributed by atoms with Gasteiger partial charge in [0.05, 0.1) is 20.4 Å². The minimum atomic E-state index is 1.04. The molecule has 0 bridgehead atoms. The molecule has 0 spiro atoms. The number of hydrogen-bond donors (Lipinski definition) is 0. The van der Waals surface area contributed by atoms with Crippen LogP contribution in [-0.2, 0) is 0 Å². The fourth-order valence-corrected chi connectivity index (χ4v) is 16.5. The summed E-state index contributed by atoms with van der Waals surface area (Å²) in [6.45, 7) is 8.58. The van der Waals surface area contributed by atoms with Crippen molar-refractivity contribution in [2.75, 3.05) is 0 Å². The number of fused-ring (bicyclic) bond motifs is 8. The second-order valence-electron chi connectivity index (χ2n) is 25.0. The average molecular weight is 1240 g/mol. The smallest absolute Gasteiger partial charge is 0.124 e. The minimum Gasteiger partial charge on any atom is -0.236 e. The Kier molecular flexibility index (Phi) is 14.2. The van der Waals surface area contributed by atoms with Crippen LogP contribution in [0, 0.1) is 27.7 Å². The number of nitrogens with zero attached hydrogens (tertiary/aromatic N) is 2. The molecule has 0 saturated carbocycles. The van der Waals surface area contributed by atoms with Crippen molar-refractivity contribution < 1.29 is 0 Å². The molecule has 0 amide bonds. The molecular weight excluding hydrogens is 1170 g/mol. The fraction of sp³-hybridized carbons (Fsp3) is 0.0444. The van der Waals surface area contributed by atoms with Crippen LogP contribution in [0.2, 0.25) is 0 Å². The van der Waals surface area contributed by atoms with E-state index in [0.29, 0.717) is 0 Å². The van der Waals surface area contributed by atoms with Crippen LogP contribution in [0.5, 0.6) is 0 Å². The molecule has 0 atom stereocenters. The molecule has 2 aromatic heterocycles. The topological polar surface area (TPSA) is 25.8 Å². The molecule has 16 aromatic carbocycles. The normalized spacial score (nSPS) is 11.6.